The van der Waals surface area contributed by atoms with Crippen molar-refractivity contribution in [1.82, 2.24) is 4.90 Å². The van der Waals surface area contributed by atoms with Gasteiger partial charge in [-0.3, -0.25) is 0 Å². The quantitative estimate of drug-likeness (QED) is 0.727. The van der Waals surface area contributed by atoms with Crippen LogP contribution in [-0.4, -0.2) is 35.7 Å². The van der Waals surface area contributed by atoms with Gasteiger partial charge in [0.25, 0.3) is 0 Å². The van der Waals surface area contributed by atoms with Crippen molar-refractivity contribution in [3.63, 3.8) is 0 Å². The lowest BCUT2D eigenvalue weighted by molar-refractivity contribution is 0.0380. The van der Waals surface area contributed by atoms with Crippen LogP contribution in [0.1, 0.15) is 39.5 Å². The minimum Gasteiger partial charge on any atom is -0.396 e. The van der Waals surface area contributed by atoms with E-state index in [9.17, 15) is 0 Å². The molecule has 2 heteroatoms. The largest absolute Gasteiger partial charge is 0.396 e. The van der Waals surface area contributed by atoms with Gasteiger partial charge in [-0.15, -0.1) is 0 Å². The fourth-order valence-corrected chi connectivity index (χ4v) is 2.51. The highest BCUT2D eigenvalue weighted by Crippen LogP contribution is 2.46. The van der Waals surface area contributed by atoms with Crippen molar-refractivity contribution in [2.24, 2.45) is 11.3 Å². The Bertz CT molecular complexity index is 194. The first-order valence-electron chi connectivity index (χ1n) is 6.02. The van der Waals surface area contributed by atoms with Gasteiger partial charge in [0.1, 0.15) is 0 Å². The second-order valence-electron chi connectivity index (χ2n) is 5.55. The topological polar surface area (TPSA) is 23.5 Å². The second kappa shape index (κ2) is 3.82. The molecule has 2 saturated carbocycles. The first-order valence-corrected chi connectivity index (χ1v) is 6.02. The minimum absolute atomic E-state index is 0.394. The molecule has 0 aromatic rings. The van der Waals surface area contributed by atoms with Crippen molar-refractivity contribution in [3.05, 3.63) is 0 Å². The fraction of sp³-hybridized carbons (Fsp3) is 1.00. The van der Waals surface area contributed by atoms with E-state index in [-0.39, 0.29) is 0 Å². The van der Waals surface area contributed by atoms with Crippen LogP contribution in [0, 0.1) is 11.3 Å². The monoisotopic (exact) mass is 197 g/mol. The Morgan fingerprint density at radius 3 is 2.43 bits per heavy atom. The molecule has 0 radical (unpaired) electrons. The van der Waals surface area contributed by atoms with Crippen molar-refractivity contribution < 1.29 is 5.11 Å². The number of nitrogens with zero attached hydrogens (tertiary/aromatic N) is 1. The van der Waals surface area contributed by atoms with Gasteiger partial charge >= 0.3 is 0 Å². The minimum atomic E-state index is 0.394. The van der Waals surface area contributed by atoms with E-state index >= 15 is 0 Å². The van der Waals surface area contributed by atoms with Gasteiger partial charge in [0.15, 0.2) is 0 Å². The van der Waals surface area contributed by atoms with Crippen molar-refractivity contribution in [3.8, 4) is 0 Å². The summed E-state index contributed by atoms with van der Waals surface area (Å²) < 4.78 is 0. The molecular formula is C12H23NO. The molecule has 0 bridgehead atoms. The SMILES string of the molecule is CCN(CC1(C)CC1)[C@H]1C[C@H](CO)C1. The zero-order chi connectivity index (χ0) is 10.2. The summed E-state index contributed by atoms with van der Waals surface area (Å²) in [7, 11) is 0. The Kier molecular flexibility index (Phi) is 2.85. The van der Waals surface area contributed by atoms with Crippen LogP contribution in [0.4, 0.5) is 0 Å². The van der Waals surface area contributed by atoms with E-state index in [1.165, 1.54) is 38.8 Å². The average molecular weight is 197 g/mol. The third kappa shape index (κ3) is 2.12. The summed E-state index contributed by atoms with van der Waals surface area (Å²) in [6.07, 6.45) is 5.28. The molecule has 2 fully saturated rings. The maximum atomic E-state index is 8.98. The molecule has 0 aliphatic heterocycles. The van der Waals surface area contributed by atoms with E-state index < -0.39 is 0 Å². The van der Waals surface area contributed by atoms with Crippen LogP contribution in [-0.2, 0) is 0 Å². The first kappa shape index (κ1) is 10.4. The number of aliphatic hydroxyl groups is 1. The molecule has 0 spiro atoms. The number of hydrogen-bond acceptors (Lipinski definition) is 2. The van der Waals surface area contributed by atoms with Crippen molar-refractivity contribution >= 4 is 0 Å². The molecule has 0 amide bonds. The number of hydrogen-bond donors (Lipinski definition) is 1. The lowest BCUT2D eigenvalue weighted by Crippen LogP contribution is -2.47. The third-order valence-corrected chi connectivity index (χ3v) is 4.08. The molecule has 0 heterocycles. The van der Waals surface area contributed by atoms with Gasteiger partial charge in [-0.05, 0) is 43.6 Å². The lowest BCUT2D eigenvalue weighted by Gasteiger charge is -2.43. The summed E-state index contributed by atoms with van der Waals surface area (Å²) >= 11 is 0. The smallest absolute Gasteiger partial charge is 0.0460 e. The van der Waals surface area contributed by atoms with Crippen LogP contribution in [0.3, 0.4) is 0 Å². The van der Waals surface area contributed by atoms with Crippen LogP contribution in [0.2, 0.25) is 0 Å². The molecule has 82 valence electrons. The standard InChI is InChI=1S/C12H23NO/c1-3-13(9-12(2)4-5-12)11-6-10(7-11)8-14/h10-11,14H,3-9H2,1-2H3/t10-,11-. The van der Waals surface area contributed by atoms with E-state index in [1.807, 2.05) is 0 Å². The molecule has 2 nitrogen and oxygen atoms in total. The van der Waals surface area contributed by atoms with Gasteiger partial charge in [-0.2, -0.15) is 0 Å². The van der Waals surface area contributed by atoms with Gasteiger partial charge in [0.05, 0.1) is 0 Å². The van der Waals surface area contributed by atoms with Crippen LogP contribution >= 0.6 is 0 Å². The van der Waals surface area contributed by atoms with Gasteiger partial charge in [-0.1, -0.05) is 13.8 Å². The maximum Gasteiger partial charge on any atom is 0.0460 e. The summed E-state index contributed by atoms with van der Waals surface area (Å²) in [4.78, 5) is 2.62. The first-order chi connectivity index (χ1) is 6.67. The molecule has 2 aliphatic carbocycles. The summed E-state index contributed by atoms with van der Waals surface area (Å²) in [5, 5.41) is 8.98. The average Bonchev–Trinajstić information content (AvgIpc) is 2.80. The zero-order valence-electron chi connectivity index (χ0n) is 9.50. The molecule has 0 saturated heterocycles. The highest BCUT2D eigenvalue weighted by molar-refractivity contribution is 4.95. The summed E-state index contributed by atoms with van der Waals surface area (Å²) in [6, 6.07) is 0.773. The Hall–Kier alpha value is -0.0800. The fourth-order valence-electron chi connectivity index (χ4n) is 2.51. The van der Waals surface area contributed by atoms with E-state index in [1.54, 1.807) is 0 Å². The summed E-state index contributed by atoms with van der Waals surface area (Å²) in [5.74, 6) is 0.598. The van der Waals surface area contributed by atoms with Gasteiger partial charge in [0.2, 0.25) is 0 Å². The van der Waals surface area contributed by atoms with Crippen molar-refractivity contribution in [1.29, 1.82) is 0 Å². The zero-order valence-corrected chi connectivity index (χ0v) is 9.50. The number of rotatable bonds is 5. The lowest BCUT2D eigenvalue weighted by atomic mass is 9.79. The molecule has 0 atom stereocenters. The van der Waals surface area contributed by atoms with E-state index in [0.717, 1.165) is 6.04 Å². The van der Waals surface area contributed by atoms with E-state index in [4.69, 9.17) is 5.11 Å². The van der Waals surface area contributed by atoms with Gasteiger partial charge < -0.3 is 10.0 Å². The summed E-state index contributed by atoms with van der Waals surface area (Å²) in [6.45, 7) is 7.52. The molecule has 0 aromatic heterocycles. The molecule has 2 rings (SSSR count). The molecule has 0 unspecified atom stereocenters. The van der Waals surface area contributed by atoms with Crippen molar-refractivity contribution in [2.45, 2.75) is 45.6 Å². The van der Waals surface area contributed by atoms with Crippen LogP contribution in [0.15, 0.2) is 0 Å². The molecule has 0 aromatic carbocycles. The Morgan fingerprint density at radius 2 is 2.00 bits per heavy atom. The Balaban J connectivity index is 1.76. The van der Waals surface area contributed by atoms with Gasteiger partial charge in [0, 0.05) is 19.2 Å². The molecule has 1 N–H and O–H groups in total. The number of aliphatic hydroxyl groups excluding tert-OH is 1. The normalized spacial score (nSPS) is 34.3. The Labute approximate surface area is 87.3 Å². The molecule has 14 heavy (non-hydrogen) atoms. The Morgan fingerprint density at radius 1 is 1.36 bits per heavy atom. The third-order valence-electron chi connectivity index (χ3n) is 4.08. The highest BCUT2D eigenvalue weighted by Gasteiger charge is 2.41. The summed E-state index contributed by atoms with van der Waals surface area (Å²) in [5.41, 5.74) is 0.639. The van der Waals surface area contributed by atoms with E-state index in [2.05, 4.69) is 18.7 Å². The van der Waals surface area contributed by atoms with Crippen LogP contribution in [0.25, 0.3) is 0 Å². The highest BCUT2D eigenvalue weighted by atomic mass is 16.3. The predicted octanol–water partition coefficient (Wildman–Crippen LogP) is 1.88. The molecule has 2 aliphatic rings. The van der Waals surface area contributed by atoms with E-state index in [0.29, 0.717) is 17.9 Å². The maximum absolute atomic E-state index is 8.98. The van der Waals surface area contributed by atoms with Gasteiger partial charge in [-0.25, -0.2) is 0 Å². The van der Waals surface area contributed by atoms with Crippen LogP contribution < -0.4 is 0 Å². The predicted molar refractivity (Wildman–Crippen MR) is 58.2 cm³/mol. The molecular weight excluding hydrogens is 174 g/mol. The van der Waals surface area contributed by atoms with Crippen molar-refractivity contribution in [2.75, 3.05) is 19.7 Å². The second-order valence-corrected chi connectivity index (χ2v) is 5.55. The van der Waals surface area contributed by atoms with Crippen LogP contribution in [0.5, 0.6) is 0 Å².